The Balaban J connectivity index is 0.000000916. The molecule has 0 aliphatic rings. The second-order valence-electron chi connectivity index (χ2n) is 8.10. The maximum Gasteiger partial charge on any atom is 0.178 e. The van der Waals surface area contributed by atoms with E-state index in [1.807, 2.05) is 0 Å². The monoisotopic (exact) mass is 524 g/mol. The lowest BCUT2D eigenvalue weighted by atomic mass is 10.1. The molecular weight excluding hydrogens is 491 g/mol. The smallest absolute Gasteiger partial charge is 0.178 e. The number of hydrogen-bond acceptors (Lipinski definition) is 8. The number of unbranched alkanes of at least 4 members (excludes halogenated alkanes) is 3. The molecule has 0 N–H and O–H groups in total. The molecule has 0 atom stereocenters. The van der Waals surface area contributed by atoms with Gasteiger partial charge >= 0.3 is 0 Å². The molecule has 12 heteroatoms. The third-order valence-corrected chi connectivity index (χ3v) is 4.96. The van der Waals surface area contributed by atoms with Crippen molar-refractivity contribution in [1.29, 1.82) is 0 Å². The van der Waals surface area contributed by atoms with Gasteiger partial charge in [-0.25, -0.2) is 46.4 Å². The molecule has 0 spiro atoms. The predicted octanol–water partition coefficient (Wildman–Crippen LogP) is -5.14. The van der Waals surface area contributed by atoms with Crippen molar-refractivity contribution in [3.8, 4) is 0 Å². The minimum absolute atomic E-state index is 1.15. The van der Waals surface area contributed by atoms with Crippen LogP contribution in [0.3, 0.4) is 0 Å². The maximum atomic E-state index is 8.49. The third-order valence-electron chi connectivity index (χ3n) is 4.96. The first-order valence-electron chi connectivity index (χ1n) is 10.6. The van der Waals surface area contributed by atoms with E-state index in [2.05, 4.69) is 74.9 Å². The summed E-state index contributed by atoms with van der Waals surface area (Å²) >= 11 is 0. The Morgan fingerprint density at radius 1 is 0.471 bits per heavy atom. The van der Waals surface area contributed by atoms with Gasteiger partial charge in [-0.2, -0.15) is 0 Å². The molecule has 34 heavy (non-hydrogen) atoms. The van der Waals surface area contributed by atoms with E-state index < -0.39 is 20.5 Å². The number of aromatic nitrogens is 2. The highest BCUT2D eigenvalue weighted by Gasteiger charge is 2.12. The van der Waals surface area contributed by atoms with Gasteiger partial charge in [-0.15, -0.1) is 20.5 Å². The number of aryl methyl sites for hydroxylation is 6. The van der Waals surface area contributed by atoms with Crippen LogP contribution in [0.4, 0.5) is 0 Å². The first-order valence-corrected chi connectivity index (χ1v) is 13.0. The van der Waals surface area contributed by atoms with Crippen LogP contribution in [-0.4, -0.2) is 0 Å². The van der Waals surface area contributed by atoms with E-state index in [-0.39, 0.29) is 0 Å². The van der Waals surface area contributed by atoms with Crippen molar-refractivity contribution in [2.24, 2.45) is 0 Å². The van der Waals surface area contributed by atoms with Crippen LogP contribution < -0.4 is 46.4 Å². The van der Waals surface area contributed by atoms with Gasteiger partial charge in [-0.1, -0.05) is 0 Å². The van der Waals surface area contributed by atoms with Crippen LogP contribution in [0.5, 0.6) is 0 Å². The minimum atomic E-state index is -4.94. The Kier molecular flexibility index (Phi) is 14.2. The molecule has 10 nitrogen and oxygen atoms in total. The van der Waals surface area contributed by atoms with Crippen LogP contribution in [0.15, 0.2) is 24.3 Å². The highest BCUT2D eigenvalue weighted by molar-refractivity contribution is 5.14. The SMILES string of the molecule is Cc1cc(C)[n+](CCCCCC[n+]2c(C)cc(C)cc2C)c(C)c1.[O-][Cl+3]([O-])([O-])[O-].[O-][Cl+3]([O-])([O-])[O-]. The fourth-order valence-corrected chi connectivity index (χ4v) is 3.87. The molecule has 0 unspecified atom stereocenters. The van der Waals surface area contributed by atoms with Crippen molar-refractivity contribution in [3.63, 3.8) is 0 Å². The largest absolute Gasteiger partial charge is 0.222 e. The standard InChI is InChI=1S/C22H34N2.2ClHO4/c1-17-13-19(3)23(20(4)14-17)11-9-7-8-10-12-24-21(5)15-18(2)16-22(24)6;2*2-1(3,4)5/h13-16H,7-12H2,1-6H3;2*(H,2,3,4,5)/q+2;;/p-2. The van der Waals surface area contributed by atoms with Gasteiger partial charge in [0.25, 0.3) is 0 Å². The zero-order chi connectivity index (χ0) is 26.7. The molecule has 0 saturated heterocycles. The lowest BCUT2D eigenvalue weighted by Crippen LogP contribution is -2.68. The third kappa shape index (κ3) is 17.1. The van der Waals surface area contributed by atoms with Crippen molar-refractivity contribution in [2.75, 3.05) is 0 Å². The molecule has 2 heterocycles. The Morgan fingerprint density at radius 2 is 0.676 bits per heavy atom. The van der Waals surface area contributed by atoms with Crippen molar-refractivity contribution in [2.45, 2.75) is 80.3 Å². The second kappa shape index (κ2) is 14.8. The summed E-state index contributed by atoms with van der Waals surface area (Å²) in [7, 11) is -9.89. The molecule has 2 aromatic heterocycles. The Morgan fingerprint density at radius 3 is 0.882 bits per heavy atom. The number of hydrogen-bond donors (Lipinski definition) is 0. The van der Waals surface area contributed by atoms with Crippen molar-refractivity contribution in [3.05, 3.63) is 58.2 Å². The fourth-order valence-electron chi connectivity index (χ4n) is 3.87. The molecule has 194 valence electrons. The molecule has 0 radical (unpaired) electrons. The van der Waals surface area contributed by atoms with Crippen molar-refractivity contribution in [1.82, 2.24) is 0 Å². The summed E-state index contributed by atoms with van der Waals surface area (Å²) < 4.78 is 72.9. The molecule has 0 amide bonds. The van der Waals surface area contributed by atoms with E-state index in [0.29, 0.717) is 0 Å². The fraction of sp³-hybridized carbons (Fsp3) is 0.545. The number of rotatable bonds is 7. The Labute approximate surface area is 205 Å². The van der Waals surface area contributed by atoms with Gasteiger partial charge in [0.2, 0.25) is 0 Å². The van der Waals surface area contributed by atoms with Gasteiger partial charge in [-0.05, 0) is 37.8 Å². The van der Waals surface area contributed by atoms with E-state index in [4.69, 9.17) is 37.3 Å². The first-order chi connectivity index (χ1) is 15.4. The lowest BCUT2D eigenvalue weighted by molar-refractivity contribution is -2.00. The van der Waals surface area contributed by atoms with Gasteiger partial charge in [0, 0.05) is 64.8 Å². The number of nitrogens with zero attached hydrogens (tertiary/aromatic N) is 2. The van der Waals surface area contributed by atoms with Crippen molar-refractivity contribution >= 4 is 0 Å². The van der Waals surface area contributed by atoms with Crippen LogP contribution in [0.25, 0.3) is 0 Å². The van der Waals surface area contributed by atoms with Gasteiger partial charge < -0.3 is 0 Å². The van der Waals surface area contributed by atoms with Crippen LogP contribution in [0, 0.1) is 62.0 Å². The number of pyridine rings is 2. The van der Waals surface area contributed by atoms with Crippen LogP contribution >= 0.6 is 0 Å². The minimum Gasteiger partial charge on any atom is -0.222 e. The number of halogens is 2. The predicted molar refractivity (Wildman–Crippen MR) is 100 cm³/mol. The van der Waals surface area contributed by atoms with Crippen LogP contribution in [0.1, 0.15) is 59.6 Å². The molecule has 0 saturated carbocycles. The molecule has 2 rings (SSSR count). The van der Waals surface area contributed by atoms with Crippen LogP contribution in [-0.2, 0) is 13.1 Å². The average Bonchev–Trinajstić information content (AvgIpc) is 2.58. The molecule has 0 aromatic carbocycles. The van der Waals surface area contributed by atoms with E-state index >= 15 is 0 Å². The van der Waals surface area contributed by atoms with Gasteiger partial charge in [0.05, 0.1) is 0 Å². The Hall–Kier alpha value is -1.44. The summed E-state index contributed by atoms with van der Waals surface area (Å²) in [5.41, 5.74) is 8.26. The molecule has 0 aliphatic heterocycles. The molecular formula is C22H34Cl2N2O8. The summed E-state index contributed by atoms with van der Waals surface area (Å²) in [5, 5.41) is 0. The zero-order valence-electron chi connectivity index (χ0n) is 20.5. The first kappa shape index (κ1) is 32.6. The molecule has 0 aliphatic carbocycles. The maximum absolute atomic E-state index is 8.49. The van der Waals surface area contributed by atoms with Crippen molar-refractivity contribution < 1.29 is 66.9 Å². The molecule has 0 fully saturated rings. The van der Waals surface area contributed by atoms with E-state index in [1.54, 1.807) is 0 Å². The zero-order valence-corrected chi connectivity index (χ0v) is 22.0. The van der Waals surface area contributed by atoms with E-state index in [1.165, 1.54) is 59.6 Å². The summed E-state index contributed by atoms with van der Waals surface area (Å²) in [6.45, 7) is 15.5. The summed E-state index contributed by atoms with van der Waals surface area (Å²) in [5.74, 6) is 0. The topological polar surface area (TPSA) is 192 Å². The highest BCUT2D eigenvalue weighted by Crippen LogP contribution is 2.06. The molecule has 0 bridgehead atoms. The quantitative estimate of drug-likeness (QED) is 0.253. The lowest BCUT2D eigenvalue weighted by Gasteiger charge is -2.17. The Bertz CT molecular complexity index is 768. The second-order valence-corrected chi connectivity index (χ2v) is 9.62. The van der Waals surface area contributed by atoms with E-state index in [0.717, 1.165) is 13.1 Å². The summed E-state index contributed by atoms with van der Waals surface area (Å²) in [6, 6.07) is 9.14. The van der Waals surface area contributed by atoms with Crippen LogP contribution in [0.2, 0.25) is 0 Å². The van der Waals surface area contributed by atoms with Gasteiger partial charge in [0.15, 0.2) is 22.8 Å². The van der Waals surface area contributed by atoms with Gasteiger partial charge in [0.1, 0.15) is 13.1 Å². The molecule has 2 aromatic rings. The summed E-state index contributed by atoms with van der Waals surface area (Å²) in [4.78, 5) is 0. The van der Waals surface area contributed by atoms with Gasteiger partial charge in [-0.3, -0.25) is 0 Å². The average molecular weight is 525 g/mol. The highest BCUT2D eigenvalue weighted by atomic mass is 35.7. The normalized spacial score (nSPS) is 11.4. The van der Waals surface area contributed by atoms with E-state index in [9.17, 15) is 0 Å². The summed E-state index contributed by atoms with van der Waals surface area (Å²) in [6.07, 6.45) is 5.16.